The Morgan fingerprint density at radius 3 is 2.09 bits per heavy atom. The maximum absolute atomic E-state index is 11.1. The first-order chi connectivity index (χ1) is 16.2. The van der Waals surface area contributed by atoms with Crippen molar-refractivity contribution in [1.82, 2.24) is 4.90 Å². The Morgan fingerprint density at radius 1 is 0.848 bits per heavy atom. The average molecular weight is 467 g/mol. The summed E-state index contributed by atoms with van der Waals surface area (Å²) in [6.07, 6.45) is -0.604. The normalized spacial score (nSPS) is 13.5. The number of anilines is 2. The smallest absolute Gasteiger partial charge is 0.119 e. The van der Waals surface area contributed by atoms with Gasteiger partial charge in [0.25, 0.3) is 0 Å². The van der Waals surface area contributed by atoms with E-state index in [9.17, 15) is 10.2 Å². The van der Waals surface area contributed by atoms with Crippen LogP contribution in [0.25, 0.3) is 0 Å². The molecule has 1 aliphatic heterocycles. The Balaban J connectivity index is 1.44. The molecule has 0 fully saturated rings. The van der Waals surface area contributed by atoms with Gasteiger partial charge >= 0.3 is 0 Å². The van der Waals surface area contributed by atoms with Crippen LogP contribution in [0.3, 0.4) is 0 Å². The molecule has 0 saturated heterocycles. The molecule has 0 aliphatic carbocycles. The molecule has 3 aromatic rings. The second-order valence-corrected chi connectivity index (χ2v) is 9.06. The van der Waals surface area contributed by atoms with Crippen LogP contribution in [0.5, 0.6) is 5.75 Å². The van der Waals surface area contributed by atoms with Crippen LogP contribution in [0, 0.1) is 0 Å². The minimum absolute atomic E-state index is 0.0193. The molecule has 0 saturated carbocycles. The number of aliphatic hydroxyl groups is 3. The van der Waals surface area contributed by atoms with Gasteiger partial charge in [0.2, 0.25) is 0 Å². The van der Waals surface area contributed by atoms with Crippen molar-refractivity contribution < 1.29 is 20.1 Å². The highest BCUT2D eigenvalue weighted by molar-refractivity contribution is 7.99. The van der Waals surface area contributed by atoms with Gasteiger partial charge in [-0.15, -0.1) is 0 Å². The van der Waals surface area contributed by atoms with Crippen molar-refractivity contribution in [3.05, 3.63) is 78.4 Å². The summed E-state index contributed by atoms with van der Waals surface area (Å²) in [5, 5.41) is 29.5. The van der Waals surface area contributed by atoms with Crippen molar-refractivity contribution in [3.63, 3.8) is 0 Å². The highest BCUT2D eigenvalue weighted by Crippen LogP contribution is 2.47. The zero-order valence-corrected chi connectivity index (χ0v) is 19.3. The van der Waals surface area contributed by atoms with E-state index in [-0.39, 0.29) is 19.8 Å². The lowest BCUT2D eigenvalue weighted by atomic mass is 10.1. The van der Waals surface area contributed by atoms with Crippen molar-refractivity contribution in [2.24, 2.45) is 0 Å². The molecule has 4 rings (SSSR count). The summed E-state index contributed by atoms with van der Waals surface area (Å²) >= 11 is 1.75. The maximum atomic E-state index is 11.1. The number of nitrogens with zero attached hydrogens (tertiary/aromatic N) is 2. The molecule has 0 radical (unpaired) electrons. The van der Waals surface area contributed by atoms with Crippen LogP contribution in [0.2, 0.25) is 0 Å². The molecule has 174 valence electrons. The highest BCUT2D eigenvalue weighted by Gasteiger charge is 2.25. The van der Waals surface area contributed by atoms with Gasteiger partial charge in [-0.1, -0.05) is 48.2 Å². The van der Waals surface area contributed by atoms with Crippen LogP contribution in [0.4, 0.5) is 11.4 Å². The minimum atomic E-state index is -0.604. The van der Waals surface area contributed by atoms with Gasteiger partial charge in [0, 0.05) is 29.4 Å². The number of β-amino-alcohol motifs (C(OH)–C–C–N with tert-alkyl or cyclic N) is 1. The molecule has 0 spiro atoms. The fourth-order valence-corrected chi connectivity index (χ4v) is 5.13. The lowest BCUT2D eigenvalue weighted by molar-refractivity contribution is 0.100. The van der Waals surface area contributed by atoms with Gasteiger partial charge in [0.05, 0.1) is 37.2 Å². The average Bonchev–Trinajstić information content (AvgIpc) is 2.83. The summed E-state index contributed by atoms with van der Waals surface area (Å²) in [5.74, 6) is 0.710. The monoisotopic (exact) mass is 466 g/mol. The molecule has 0 bridgehead atoms. The molecule has 6 nitrogen and oxygen atoms in total. The second-order valence-electron chi connectivity index (χ2n) is 7.98. The van der Waals surface area contributed by atoms with Crippen molar-refractivity contribution in [2.45, 2.75) is 22.4 Å². The lowest BCUT2D eigenvalue weighted by Crippen LogP contribution is -2.40. The Labute approximate surface area is 199 Å². The zero-order chi connectivity index (χ0) is 23.0. The fraction of sp³-hybridized carbons (Fsp3) is 0.308. The van der Waals surface area contributed by atoms with Crippen molar-refractivity contribution in [1.29, 1.82) is 0 Å². The number of rotatable bonds is 11. The summed E-state index contributed by atoms with van der Waals surface area (Å²) in [6, 6.07) is 24.2. The summed E-state index contributed by atoms with van der Waals surface area (Å²) in [7, 11) is 0. The van der Waals surface area contributed by atoms with Crippen LogP contribution in [0.1, 0.15) is 5.56 Å². The fourth-order valence-electron chi connectivity index (χ4n) is 4.03. The van der Waals surface area contributed by atoms with Gasteiger partial charge in [-0.3, -0.25) is 4.90 Å². The van der Waals surface area contributed by atoms with Gasteiger partial charge in [-0.2, -0.15) is 0 Å². The van der Waals surface area contributed by atoms with Crippen molar-refractivity contribution in [3.8, 4) is 5.75 Å². The van der Waals surface area contributed by atoms with Crippen LogP contribution in [-0.2, 0) is 6.54 Å². The van der Waals surface area contributed by atoms with E-state index in [1.54, 1.807) is 11.8 Å². The molecular weight excluding hydrogens is 436 g/mol. The first kappa shape index (κ1) is 23.6. The topological polar surface area (TPSA) is 76.4 Å². The number of hydrogen-bond acceptors (Lipinski definition) is 7. The summed E-state index contributed by atoms with van der Waals surface area (Å²) < 4.78 is 5.42. The zero-order valence-electron chi connectivity index (χ0n) is 18.5. The van der Waals surface area contributed by atoms with E-state index in [4.69, 9.17) is 9.84 Å². The molecule has 1 unspecified atom stereocenters. The number of para-hydroxylation sites is 2. The molecule has 1 heterocycles. The van der Waals surface area contributed by atoms with Crippen molar-refractivity contribution in [2.75, 3.05) is 44.4 Å². The summed E-state index contributed by atoms with van der Waals surface area (Å²) in [4.78, 5) is 6.61. The number of ether oxygens (including phenoxy) is 1. The molecule has 3 aromatic carbocycles. The quantitative estimate of drug-likeness (QED) is 0.399. The Morgan fingerprint density at radius 2 is 1.48 bits per heavy atom. The number of fused-ring (bicyclic) bond motifs is 2. The largest absolute Gasteiger partial charge is 0.491 e. The predicted octanol–water partition coefficient (Wildman–Crippen LogP) is 3.52. The lowest BCUT2D eigenvalue weighted by Gasteiger charge is -2.35. The molecule has 7 heteroatoms. The molecule has 0 aromatic heterocycles. The van der Waals surface area contributed by atoms with Crippen LogP contribution in [-0.4, -0.2) is 65.8 Å². The van der Waals surface area contributed by atoms with E-state index in [0.717, 1.165) is 16.9 Å². The van der Waals surface area contributed by atoms with Gasteiger partial charge < -0.3 is 25.0 Å². The first-order valence-electron chi connectivity index (χ1n) is 11.1. The van der Waals surface area contributed by atoms with Gasteiger partial charge in [-0.25, -0.2) is 0 Å². The van der Waals surface area contributed by atoms with Crippen LogP contribution < -0.4 is 9.64 Å². The SMILES string of the molecule is OCCOc1ccc(CN(CCO)CC(O)CN2c3ccccc3Sc3ccccc32)cc1. The van der Waals surface area contributed by atoms with E-state index in [0.29, 0.717) is 31.9 Å². The van der Waals surface area contributed by atoms with Crippen LogP contribution in [0.15, 0.2) is 82.6 Å². The second kappa shape index (κ2) is 11.5. The van der Waals surface area contributed by atoms with Gasteiger partial charge in [0.1, 0.15) is 12.4 Å². The molecular formula is C26H30N2O4S. The highest BCUT2D eigenvalue weighted by atomic mass is 32.2. The Bertz CT molecular complexity index is 985. The number of benzene rings is 3. The van der Waals surface area contributed by atoms with E-state index in [1.807, 2.05) is 48.5 Å². The summed E-state index contributed by atoms with van der Waals surface area (Å²) in [5.41, 5.74) is 3.27. The number of aliphatic hydroxyl groups excluding tert-OH is 3. The predicted molar refractivity (Wildman–Crippen MR) is 131 cm³/mol. The van der Waals surface area contributed by atoms with Crippen LogP contribution >= 0.6 is 11.8 Å². The maximum Gasteiger partial charge on any atom is 0.119 e. The molecule has 1 aliphatic rings. The van der Waals surface area contributed by atoms with Crippen molar-refractivity contribution >= 4 is 23.1 Å². The molecule has 33 heavy (non-hydrogen) atoms. The van der Waals surface area contributed by atoms with Gasteiger partial charge in [0.15, 0.2) is 0 Å². The summed E-state index contributed by atoms with van der Waals surface area (Å²) in [6.45, 7) is 2.26. The van der Waals surface area contributed by atoms with E-state index < -0.39 is 6.10 Å². The molecule has 3 N–H and O–H groups in total. The third kappa shape index (κ3) is 6.07. The Kier molecular flexibility index (Phi) is 8.25. The molecule has 0 amide bonds. The standard InChI is InChI=1S/C26H30N2O4S/c29-14-13-27(17-20-9-11-22(12-10-20)32-16-15-30)18-21(31)19-28-23-5-1-3-7-25(23)33-26-8-4-2-6-24(26)28/h1-12,21,29-31H,13-19H2. The third-order valence-electron chi connectivity index (χ3n) is 5.50. The molecule has 1 atom stereocenters. The first-order valence-corrected chi connectivity index (χ1v) is 12.0. The van der Waals surface area contributed by atoms with E-state index >= 15 is 0 Å². The van der Waals surface area contributed by atoms with Gasteiger partial charge in [-0.05, 0) is 42.0 Å². The minimum Gasteiger partial charge on any atom is -0.491 e. The van der Waals surface area contributed by atoms with E-state index in [2.05, 4.69) is 34.1 Å². The number of hydrogen-bond donors (Lipinski definition) is 3. The Hall–Kier alpha value is -2.55. The third-order valence-corrected chi connectivity index (χ3v) is 6.63. The van der Waals surface area contributed by atoms with E-state index in [1.165, 1.54) is 9.79 Å².